The van der Waals surface area contributed by atoms with Gasteiger partial charge in [-0.25, -0.2) is 0 Å². The Labute approximate surface area is 264 Å². The van der Waals surface area contributed by atoms with Gasteiger partial charge in [0.2, 0.25) is 5.60 Å². The first kappa shape index (κ1) is 42.1. The topological polar surface area (TPSA) is 83.8 Å². The van der Waals surface area contributed by atoms with Gasteiger partial charge in [-0.15, -0.1) is 0 Å². The SMILES string of the molecule is CCCCCCCCCCCCCCCC(=O)C(OPP)(C(=O)CCCCCCCCCCCCCCC)C(O)CO. The van der Waals surface area contributed by atoms with Crippen LogP contribution in [0.3, 0.4) is 0 Å². The molecule has 0 aliphatic heterocycles. The molecule has 3 unspecified atom stereocenters. The summed E-state index contributed by atoms with van der Waals surface area (Å²) in [6.07, 6.45) is 30.6. The smallest absolute Gasteiger partial charge is 0.216 e. The zero-order valence-corrected chi connectivity index (χ0v) is 29.9. The molecule has 0 saturated heterocycles. The summed E-state index contributed by atoms with van der Waals surface area (Å²) in [5, 5.41) is 20.4. The summed E-state index contributed by atoms with van der Waals surface area (Å²) in [4.78, 5) is 26.6. The van der Waals surface area contributed by atoms with E-state index in [1.165, 1.54) is 128 Å². The van der Waals surface area contributed by atoms with Crippen molar-refractivity contribution in [2.75, 3.05) is 6.61 Å². The number of Topliss-reactive ketones (excluding diaryl/α,β-unsaturated/α-hetero) is 2. The second kappa shape index (κ2) is 31.1. The lowest BCUT2D eigenvalue weighted by Gasteiger charge is -2.34. The van der Waals surface area contributed by atoms with Gasteiger partial charge in [0, 0.05) is 21.3 Å². The second-order valence-corrected chi connectivity index (χ2v) is 13.6. The minimum atomic E-state index is -1.93. The van der Waals surface area contributed by atoms with Gasteiger partial charge in [0.1, 0.15) is 6.10 Å². The molecule has 7 heteroatoms. The van der Waals surface area contributed by atoms with Crippen molar-refractivity contribution in [3.8, 4) is 0 Å². The molecule has 0 aliphatic carbocycles. The number of hydrogen-bond donors (Lipinski definition) is 2. The molecule has 0 aromatic rings. The van der Waals surface area contributed by atoms with Crippen LogP contribution in [0, 0.1) is 0 Å². The molecule has 0 bridgehead atoms. The first-order chi connectivity index (χ1) is 20.5. The molecular weight excluding hydrogens is 562 g/mol. The van der Waals surface area contributed by atoms with E-state index in [9.17, 15) is 19.8 Å². The first-order valence-electron chi connectivity index (χ1n) is 18.0. The van der Waals surface area contributed by atoms with Crippen LogP contribution in [0.5, 0.6) is 0 Å². The largest absolute Gasteiger partial charge is 0.394 e. The lowest BCUT2D eigenvalue weighted by molar-refractivity contribution is -0.160. The zero-order chi connectivity index (χ0) is 31.2. The quantitative estimate of drug-likeness (QED) is 0.0419. The van der Waals surface area contributed by atoms with E-state index < -0.39 is 18.3 Å². The van der Waals surface area contributed by atoms with Crippen LogP contribution in [0.1, 0.15) is 194 Å². The molecule has 0 spiro atoms. The lowest BCUT2D eigenvalue weighted by atomic mass is 9.82. The number of aliphatic hydroxyl groups excluding tert-OH is 2. The maximum absolute atomic E-state index is 13.3. The van der Waals surface area contributed by atoms with Crippen LogP contribution >= 0.6 is 17.4 Å². The van der Waals surface area contributed by atoms with E-state index in [0.717, 1.165) is 25.7 Å². The third-order valence-corrected chi connectivity index (χ3v) is 9.50. The third kappa shape index (κ3) is 20.9. The molecule has 0 aromatic heterocycles. The van der Waals surface area contributed by atoms with Gasteiger partial charge < -0.3 is 14.7 Å². The standard InChI is InChI=1S/C35H70O5P2/c1-3-5-7-9-11-13-15-17-19-21-23-25-27-29-32(37)35(40-42-41,34(39)31-36)33(38)30-28-26-24-22-20-18-16-14-12-10-8-6-4-2/h34,36,39,42H,3-31,41H2,1-2H3. The van der Waals surface area contributed by atoms with Crippen LogP contribution in [0.15, 0.2) is 0 Å². The number of carbonyl (C=O) groups is 2. The Kier molecular flexibility index (Phi) is 31.1. The number of rotatable bonds is 34. The molecule has 5 nitrogen and oxygen atoms in total. The summed E-state index contributed by atoms with van der Waals surface area (Å²) < 4.78 is 5.72. The van der Waals surface area contributed by atoms with Crippen molar-refractivity contribution in [3.05, 3.63) is 0 Å². The van der Waals surface area contributed by atoms with E-state index in [1.54, 1.807) is 0 Å². The predicted octanol–water partition coefficient (Wildman–Crippen LogP) is 10.6. The molecule has 0 saturated carbocycles. The fraction of sp³-hybridized carbons (Fsp3) is 0.943. The van der Waals surface area contributed by atoms with Crippen LogP contribution in [0.25, 0.3) is 0 Å². The Morgan fingerprint density at radius 3 is 1.07 bits per heavy atom. The summed E-state index contributed by atoms with van der Waals surface area (Å²) in [7, 11) is 2.21. The van der Waals surface area contributed by atoms with Gasteiger partial charge in [0.25, 0.3) is 0 Å². The minimum absolute atomic E-state index is 0.197. The van der Waals surface area contributed by atoms with E-state index in [0.29, 0.717) is 12.8 Å². The van der Waals surface area contributed by atoms with E-state index in [4.69, 9.17) is 4.52 Å². The highest BCUT2D eigenvalue weighted by atomic mass is 32.0. The maximum atomic E-state index is 13.3. The molecule has 0 fully saturated rings. The molecule has 0 amide bonds. The molecule has 0 aromatic carbocycles. The van der Waals surface area contributed by atoms with Crippen molar-refractivity contribution >= 4 is 29.0 Å². The molecule has 0 rings (SSSR count). The van der Waals surface area contributed by atoms with Crippen LogP contribution < -0.4 is 0 Å². The summed E-state index contributed by atoms with van der Waals surface area (Å²) in [6.45, 7) is 3.85. The van der Waals surface area contributed by atoms with Crippen molar-refractivity contribution in [2.45, 2.75) is 205 Å². The van der Waals surface area contributed by atoms with E-state index >= 15 is 0 Å². The third-order valence-electron chi connectivity index (χ3n) is 8.71. The minimum Gasteiger partial charge on any atom is -0.394 e. The highest BCUT2D eigenvalue weighted by Crippen LogP contribution is 2.36. The van der Waals surface area contributed by atoms with Gasteiger partial charge in [-0.3, -0.25) is 9.59 Å². The molecule has 3 atom stereocenters. The van der Waals surface area contributed by atoms with Gasteiger partial charge in [-0.05, 0) is 12.8 Å². The summed E-state index contributed by atoms with van der Waals surface area (Å²) in [5.74, 6) is -0.747. The average Bonchev–Trinajstić information content (AvgIpc) is 2.99. The number of unbranched alkanes of at least 4 members (excludes halogenated alkanes) is 24. The highest BCUT2D eigenvalue weighted by molar-refractivity contribution is 8.00. The Bertz CT molecular complexity index is 574. The molecular formula is C35H70O5P2. The van der Waals surface area contributed by atoms with Crippen LogP contribution in [0.4, 0.5) is 0 Å². The summed E-state index contributed by atoms with van der Waals surface area (Å²) in [6, 6.07) is 0. The molecule has 42 heavy (non-hydrogen) atoms. The number of carbonyl (C=O) groups excluding carboxylic acids is 2. The van der Waals surface area contributed by atoms with E-state index in [2.05, 4.69) is 22.8 Å². The van der Waals surface area contributed by atoms with Crippen molar-refractivity contribution in [1.82, 2.24) is 0 Å². The maximum Gasteiger partial charge on any atom is 0.216 e. The van der Waals surface area contributed by atoms with Crippen molar-refractivity contribution in [2.24, 2.45) is 0 Å². The van der Waals surface area contributed by atoms with Gasteiger partial charge in [-0.2, -0.15) is 0 Å². The Morgan fingerprint density at radius 1 is 0.571 bits per heavy atom. The van der Waals surface area contributed by atoms with Crippen LogP contribution in [0.2, 0.25) is 0 Å². The average molecular weight is 633 g/mol. The summed E-state index contributed by atoms with van der Waals surface area (Å²) in [5.41, 5.74) is -1.93. The number of ketones is 2. The number of hydrogen-bond acceptors (Lipinski definition) is 5. The first-order valence-corrected chi connectivity index (χ1v) is 20.7. The van der Waals surface area contributed by atoms with Gasteiger partial charge >= 0.3 is 0 Å². The van der Waals surface area contributed by atoms with Gasteiger partial charge in [-0.1, -0.05) is 177 Å². The highest BCUT2D eigenvalue weighted by Gasteiger charge is 2.51. The normalized spacial score (nSPS) is 12.9. The summed E-state index contributed by atoms with van der Waals surface area (Å²) >= 11 is 0. The van der Waals surface area contributed by atoms with Gasteiger partial charge in [0.15, 0.2) is 11.6 Å². The van der Waals surface area contributed by atoms with E-state index in [1.807, 2.05) is 0 Å². The monoisotopic (exact) mass is 632 g/mol. The fourth-order valence-electron chi connectivity index (χ4n) is 5.91. The molecule has 250 valence electrons. The fourth-order valence-corrected chi connectivity index (χ4v) is 7.02. The van der Waals surface area contributed by atoms with Gasteiger partial charge in [0.05, 0.1) is 6.61 Å². The number of aliphatic hydroxyl groups is 2. The van der Waals surface area contributed by atoms with Crippen LogP contribution in [-0.4, -0.2) is 40.1 Å². The van der Waals surface area contributed by atoms with Crippen molar-refractivity contribution in [1.29, 1.82) is 0 Å². The Balaban J connectivity index is 4.27. The van der Waals surface area contributed by atoms with E-state index in [-0.39, 0.29) is 32.9 Å². The lowest BCUT2D eigenvalue weighted by Crippen LogP contribution is -2.58. The molecule has 0 heterocycles. The Hall–Kier alpha value is 0.0800. The van der Waals surface area contributed by atoms with Crippen LogP contribution in [-0.2, 0) is 14.1 Å². The molecule has 0 aliphatic rings. The van der Waals surface area contributed by atoms with Crippen molar-refractivity contribution in [3.63, 3.8) is 0 Å². The van der Waals surface area contributed by atoms with Crippen molar-refractivity contribution < 1.29 is 24.3 Å². The predicted molar refractivity (Wildman–Crippen MR) is 186 cm³/mol. The zero-order valence-electron chi connectivity index (χ0n) is 27.8. The second-order valence-electron chi connectivity index (χ2n) is 12.5. The Morgan fingerprint density at radius 2 is 0.833 bits per heavy atom. The molecule has 0 radical (unpaired) electrons. The molecule has 2 N–H and O–H groups in total.